The highest BCUT2D eigenvalue weighted by molar-refractivity contribution is 5.80. The van der Waals surface area contributed by atoms with E-state index in [1.807, 2.05) is 41.1 Å². The molecular weight excluding hydrogens is 334 g/mol. The van der Waals surface area contributed by atoms with Crippen molar-refractivity contribution in [3.63, 3.8) is 0 Å². The van der Waals surface area contributed by atoms with E-state index in [9.17, 15) is 9.59 Å². The Morgan fingerprint density at radius 1 is 1.23 bits per heavy atom. The van der Waals surface area contributed by atoms with Crippen LogP contribution < -0.4 is 5.32 Å². The normalized spacial score (nSPS) is 12.3. The first kappa shape index (κ1) is 19.5. The molecule has 0 spiro atoms. The number of rotatable bonds is 6. The van der Waals surface area contributed by atoms with Gasteiger partial charge in [-0.1, -0.05) is 30.3 Å². The van der Waals surface area contributed by atoms with Crippen LogP contribution >= 0.6 is 0 Å². The van der Waals surface area contributed by atoms with Crippen molar-refractivity contribution in [3.8, 4) is 0 Å². The van der Waals surface area contributed by atoms with Crippen molar-refractivity contribution in [2.24, 2.45) is 0 Å². The van der Waals surface area contributed by atoms with Crippen molar-refractivity contribution in [2.45, 2.75) is 52.5 Å². The van der Waals surface area contributed by atoms with Crippen molar-refractivity contribution in [1.82, 2.24) is 14.9 Å². The third-order valence-corrected chi connectivity index (χ3v) is 3.43. The third kappa shape index (κ3) is 6.23. The Kier molecular flexibility index (Phi) is 6.38. The number of imidazole rings is 1. The Morgan fingerprint density at radius 3 is 2.58 bits per heavy atom. The van der Waals surface area contributed by atoms with E-state index in [1.54, 1.807) is 33.9 Å². The quantitative estimate of drug-likeness (QED) is 0.802. The third-order valence-electron chi connectivity index (χ3n) is 3.43. The smallest absolute Gasteiger partial charge is 0.408 e. The summed E-state index contributed by atoms with van der Waals surface area (Å²) in [5.41, 5.74) is 0.494. The average molecular weight is 359 g/mol. The van der Waals surface area contributed by atoms with Crippen LogP contribution in [0.3, 0.4) is 0 Å². The molecule has 0 aliphatic carbocycles. The predicted octanol–water partition coefficient (Wildman–Crippen LogP) is 2.89. The monoisotopic (exact) mass is 359 g/mol. The molecule has 7 heteroatoms. The van der Waals surface area contributed by atoms with Gasteiger partial charge in [0.15, 0.2) is 0 Å². The van der Waals surface area contributed by atoms with E-state index in [0.717, 1.165) is 5.56 Å². The first-order chi connectivity index (χ1) is 12.2. The second-order valence-electron chi connectivity index (χ2n) is 6.93. The molecule has 1 amide bonds. The fourth-order valence-electron chi connectivity index (χ4n) is 2.21. The Balaban J connectivity index is 1.86. The lowest BCUT2D eigenvalue weighted by Crippen LogP contribution is -2.42. The number of benzene rings is 1. The number of alkyl carbamates (subject to hydrolysis) is 1. The Hall–Kier alpha value is -2.83. The molecule has 7 nitrogen and oxygen atoms in total. The number of carbonyl (C=O) groups is 2. The summed E-state index contributed by atoms with van der Waals surface area (Å²) in [4.78, 5) is 28.0. The van der Waals surface area contributed by atoms with Gasteiger partial charge in [-0.3, -0.25) is 0 Å². The number of carbonyl (C=O) groups excluding carboxylic acids is 2. The molecule has 1 atom stereocenters. The van der Waals surface area contributed by atoms with E-state index in [1.165, 1.54) is 0 Å². The maximum atomic E-state index is 12.1. The lowest BCUT2D eigenvalue weighted by molar-refractivity contribution is -0.147. The largest absolute Gasteiger partial charge is 0.456 e. The van der Waals surface area contributed by atoms with Crippen LogP contribution in [0.2, 0.25) is 0 Å². The van der Waals surface area contributed by atoms with Gasteiger partial charge in [0.25, 0.3) is 0 Å². The molecule has 0 saturated carbocycles. The summed E-state index contributed by atoms with van der Waals surface area (Å²) in [6.45, 7) is 7.47. The van der Waals surface area contributed by atoms with Crippen molar-refractivity contribution >= 4 is 12.1 Å². The first-order valence-corrected chi connectivity index (χ1v) is 8.44. The van der Waals surface area contributed by atoms with E-state index in [-0.39, 0.29) is 6.61 Å². The molecule has 1 aromatic heterocycles. The standard InChI is InChI=1S/C19H25N3O4/c1-14(21-18(24)26-19(2,3)4)17(23)25-13-16-20-10-11-22(16)12-15-8-6-5-7-9-15/h5-11,14H,12-13H2,1-4H3,(H,21,24). The van der Waals surface area contributed by atoms with Crippen LogP contribution in [0.4, 0.5) is 4.79 Å². The Bertz CT molecular complexity index is 735. The number of esters is 1. The molecule has 2 aromatic rings. The maximum Gasteiger partial charge on any atom is 0.408 e. The number of hydrogen-bond donors (Lipinski definition) is 1. The van der Waals surface area contributed by atoms with Gasteiger partial charge in [-0.2, -0.15) is 0 Å². The van der Waals surface area contributed by atoms with Gasteiger partial charge < -0.3 is 19.4 Å². The molecule has 0 aliphatic rings. The maximum absolute atomic E-state index is 12.1. The molecule has 0 radical (unpaired) electrons. The molecule has 0 saturated heterocycles. The van der Waals surface area contributed by atoms with Crippen molar-refractivity contribution in [2.75, 3.05) is 0 Å². The van der Waals surface area contributed by atoms with Gasteiger partial charge in [-0.25, -0.2) is 14.6 Å². The molecule has 2 rings (SSSR count). The predicted molar refractivity (Wildman–Crippen MR) is 96.4 cm³/mol. The molecule has 0 fully saturated rings. The molecule has 0 aliphatic heterocycles. The summed E-state index contributed by atoms with van der Waals surface area (Å²) in [6.07, 6.45) is 2.83. The number of amides is 1. The fraction of sp³-hybridized carbons (Fsp3) is 0.421. The summed E-state index contributed by atoms with van der Waals surface area (Å²) < 4.78 is 12.3. The molecular formula is C19H25N3O4. The van der Waals surface area contributed by atoms with Gasteiger partial charge >= 0.3 is 12.1 Å². The van der Waals surface area contributed by atoms with E-state index in [0.29, 0.717) is 12.4 Å². The molecule has 0 bridgehead atoms. The van der Waals surface area contributed by atoms with Crippen LogP contribution in [0.25, 0.3) is 0 Å². The van der Waals surface area contributed by atoms with Crippen LogP contribution in [-0.2, 0) is 27.4 Å². The molecule has 26 heavy (non-hydrogen) atoms. The molecule has 1 aromatic carbocycles. The van der Waals surface area contributed by atoms with Crippen LogP contribution in [0, 0.1) is 0 Å². The minimum absolute atomic E-state index is 0.0268. The summed E-state index contributed by atoms with van der Waals surface area (Å²) in [7, 11) is 0. The van der Waals surface area contributed by atoms with Crippen LogP contribution in [0.1, 0.15) is 39.1 Å². The average Bonchev–Trinajstić information content (AvgIpc) is 2.98. The highest BCUT2D eigenvalue weighted by Gasteiger charge is 2.22. The number of hydrogen-bond acceptors (Lipinski definition) is 5. The molecule has 1 unspecified atom stereocenters. The minimum Gasteiger partial charge on any atom is -0.456 e. The zero-order valence-electron chi connectivity index (χ0n) is 15.6. The van der Waals surface area contributed by atoms with Gasteiger partial charge in [0.2, 0.25) is 0 Å². The fourth-order valence-corrected chi connectivity index (χ4v) is 2.21. The number of nitrogens with one attached hydrogen (secondary N) is 1. The second-order valence-corrected chi connectivity index (χ2v) is 6.93. The second kappa shape index (κ2) is 8.51. The first-order valence-electron chi connectivity index (χ1n) is 8.44. The Morgan fingerprint density at radius 2 is 1.92 bits per heavy atom. The minimum atomic E-state index is -0.817. The lowest BCUT2D eigenvalue weighted by atomic mass is 10.2. The van der Waals surface area contributed by atoms with Gasteiger partial charge in [0.05, 0.1) is 0 Å². The highest BCUT2D eigenvalue weighted by Crippen LogP contribution is 2.08. The number of aromatic nitrogens is 2. The van der Waals surface area contributed by atoms with E-state index < -0.39 is 23.7 Å². The van der Waals surface area contributed by atoms with E-state index >= 15 is 0 Å². The summed E-state index contributed by atoms with van der Waals surface area (Å²) >= 11 is 0. The lowest BCUT2D eigenvalue weighted by Gasteiger charge is -2.21. The van der Waals surface area contributed by atoms with Gasteiger partial charge in [-0.05, 0) is 33.3 Å². The highest BCUT2D eigenvalue weighted by atomic mass is 16.6. The molecule has 140 valence electrons. The zero-order valence-corrected chi connectivity index (χ0v) is 15.6. The number of ether oxygens (including phenoxy) is 2. The van der Waals surface area contributed by atoms with Crippen molar-refractivity contribution in [3.05, 3.63) is 54.1 Å². The molecule has 1 N–H and O–H groups in total. The van der Waals surface area contributed by atoms with Gasteiger partial charge in [0.1, 0.15) is 24.1 Å². The zero-order chi connectivity index (χ0) is 19.2. The summed E-state index contributed by atoms with van der Waals surface area (Å²) in [5.74, 6) is 0.0804. The Labute approximate surface area is 153 Å². The van der Waals surface area contributed by atoms with E-state index in [2.05, 4.69) is 10.3 Å². The van der Waals surface area contributed by atoms with Crippen LogP contribution in [-0.4, -0.2) is 33.3 Å². The van der Waals surface area contributed by atoms with E-state index in [4.69, 9.17) is 9.47 Å². The topological polar surface area (TPSA) is 82.4 Å². The summed E-state index contributed by atoms with van der Waals surface area (Å²) in [5, 5.41) is 2.46. The molecule has 1 heterocycles. The SMILES string of the molecule is CC(NC(=O)OC(C)(C)C)C(=O)OCc1nccn1Cc1ccccc1. The number of nitrogens with zero attached hydrogens (tertiary/aromatic N) is 2. The van der Waals surface area contributed by atoms with Crippen molar-refractivity contribution in [1.29, 1.82) is 0 Å². The van der Waals surface area contributed by atoms with Crippen LogP contribution in [0.15, 0.2) is 42.7 Å². The van der Waals surface area contributed by atoms with Gasteiger partial charge in [0, 0.05) is 18.9 Å². The van der Waals surface area contributed by atoms with Crippen LogP contribution in [0.5, 0.6) is 0 Å². The van der Waals surface area contributed by atoms with Crippen molar-refractivity contribution < 1.29 is 19.1 Å². The van der Waals surface area contributed by atoms with Gasteiger partial charge in [-0.15, -0.1) is 0 Å². The summed E-state index contributed by atoms with van der Waals surface area (Å²) in [6, 6.07) is 9.11.